The highest BCUT2D eigenvalue weighted by Gasteiger charge is 2.38. The number of nitrogens with zero attached hydrogens (tertiary/aromatic N) is 1. The minimum absolute atomic E-state index is 0.0138. The zero-order valence-corrected chi connectivity index (χ0v) is 15.0. The van der Waals surface area contributed by atoms with Crippen LogP contribution in [0.1, 0.15) is 50.2 Å². The Kier molecular flexibility index (Phi) is 6.08. The molecule has 136 valence electrons. The first-order valence-electron chi connectivity index (χ1n) is 9.40. The number of hydrogen-bond acceptors (Lipinski definition) is 3. The Morgan fingerprint density at radius 1 is 1.24 bits per heavy atom. The Morgan fingerprint density at radius 3 is 2.68 bits per heavy atom. The number of rotatable bonds is 7. The Labute approximate surface area is 149 Å². The molecule has 0 spiro atoms. The van der Waals surface area contributed by atoms with Crippen molar-refractivity contribution in [2.75, 3.05) is 13.2 Å². The molecule has 1 aliphatic heterocycles. The smallest absolute Gasteiger partial charge is 0.225 e. The van der Waals surface area contributed by atoms with Gasteiger partial charge in [-0.3, -0.25) is 9.59 Å². The average Bonchev–Trinajstić information content (AvgIpc) is 3.28. The molecule has 2 amide bonds. The van der Waals surface area contributed by atoms with Crippen LogP contribution < -0.4 is 5.32 Å². The standard InChI is InChI=1S/C20H28N2O3/c1-2-25-14-16-8-4-3-7-15(16)12-21-20(24)17-11-19(23)22(13-17)18-9-5-6-10-18/h3-4,7-8,17-18H,2,5-6,9-14H2,1H3,(H,21,24)/t17-/m1/s1. The van der Waals surface area contributed by atoms with Crippen molar-refractivity contribution in [2.24, 2.45) is 5.92 Å². The van der Waals surface area contributed by atoms with Crippen molar-refractivity contribution in [3.63, 3.8) is 0 Å². The first kappa shape index (κ1) is 17.9. The largest absolute Gasteiger partial charge is 0.377 e. The van der Waals surface area contributed by atoms with E-state index < -0.39 is 0 Å². The van der Waals surface area contributed by atoms with Crippen LogP contribution in [0.5, 0.6) is 0 Å². The van der Waals surface area contributed by atoms with Crippen LogP contribution in [-0.4, -0.2) is 35.9 Å². The molecule has 0 aromatic heterocycles. The lowest BCUT2D eigenvalue weighted by Gasteiger charge is -2.23. The zero-order chi connectivity index (χ0) is 17.6. The van der Waals surface area contributed by atoms with Gasteiger partial charge >= 0.3 is 0 Å². The van der Waals surface area contributed by atoms with Crippen molar-refractivity contribution in [1.29, 1.82) is 0 Å². The van der Waals surface area contributed by atoms with Gasteiger partial charge in [-0.05, 0) is 30.9 Å². The van der Waals surface area contributed by atoms with E-state index in [2.05, 4.69) is 5.32 Å². The van der Waals surface area contributed by atoms with E-state index in [9.17, 15) is 9.59 Å². The van der Waals surface area contributed by atoms with Crippen LogP contribution in [0, 0.1) is 5.92 Å². The van der Waals surface area contributed by atoms with Gasteiger partial charge in [0.25, 0.3) is 0 Å². The molecule has 25 heavy (non-hydrogen) atoms. The van der Waals surface area contributed by atoms with Gasteiger partial charge in [0, 0.05) is 32.2 Å². The maximum atomic E-state index is 12.5. The minimum Gasteiger partial charge on any atom is -0.377 e. The van der Waals surface area contributed by atoms with Gasteiger partial charge in [-0.15, -0.1) is 0 Å². The summed E-state index contributed by atoms with van der Waals surface area (Å²) in [5, 5.41) is 3.02. The third-order valence-electron chi connectivity index (χ3n) is 5.33. The van der Waals surface area contributed by atoms with Crippen LogP contribution in [0.25, 0.3) is 0 Å². The first-order valence-corrected chi connectivity index (χ1v) is 9.40. The number of carbonyl (C=O) groups excluding carboxylic acids is 2. The quantitative estimate of drug-likeness (QED) is 0.827. The number of ether oxygens (including phenoxy) is 1. The van der Waals surface area contributed by atoms with Gasteiger partial charge in [-0.1, -0.05) is 37.1 Å². The molecule has 1 atom stereocenters. The second-order valence-corrected chi connectivity index (χ2v) is 7.01. The molecule has 5 nitrogen and oxygen atoms in total. The maximum Gasteiger partial charge on any atom is 0.225 e. The highest BCUT2D eigenvalue weighted by atomic mass is 16.5. The van der Waals surface area contributed by atoms with Crippen LogP contribution in [0.2, 0.25) is 0 Å². The molecule has 1 heterocycles. The van der Waals surface area contributed by atoms with E-state index in [0.29, 0.717) is 38.8 Å². The lowest BCUT2D eigenvalue weighted by Crippen LogP contribution is -2.36. The van der Waals surface area contributed by atoms with Crippen molar-refractivity contribution < 1.29 is 14.3 Å². The third-order valence-corrected chi connectivity index (χ3v) is 5.33. The van der Waals surface area contributed by atoms with Gasteiger partial charge in [0.15, 0.2) is 0 Å². The summed E-state index contributed by atoms with van der Waals surface area (Å²) in [6.07, 6.45) is 4.92. The topological polar surface area (TPSA) is 58.6 Å². The van der Waals surface area contributed by atoms with Crippen molar-refractivity contribution in [3.8, 4) is 0 Å². The summed E-state index contributed by atoms with van der Waals surface area (Å²) in [5.74, 6) is -0.0870. The number of likely N-dealkylation sites (tertiary alicyclic amines) is 1. The van der Waals surface area contributed by atoms with E-state index in [1.54, 1.807) is 0 Å². The molecule has 0 bridgehead atoms. The number of benzene rings is 1. The highest BCUT2D eigenvalue weighted by Crippen LogP contribution is 2.29. The summed E-state index contributed by atoms with van der Waals surface area (Å²) in [5.41, 5.74) is 2.17. The number of carbonyl (C=O) groups is 2. The lowest BCUT2D eigenvalue weighted by atomic mass is 10.1. The molecule has 3 rings (SSSR count). The normalized spacial score (nSPS) is 21.1. The molecule has 1 saturated heterocycles. The Hall–Kier alpha value is -1.88. The van der Waals surface area contributed by atoms with Gasteiger partial charge in [0.1, 0.15) is 0 Å². The molecule has 5 heteroatoms. The average molecular weight is 344 g/mol. The van der Waals surface area contributed by atoms with Crippen LogP contribution in [0.4, 0.5) is 0 Å². The molecule has 1 aliphatic carbocycles. The number of hydrogen-bond donors (Lipinski definition) is 1. The maximum absolute atomic E-state index is 12.5. The molecular weight excluding hydrogens is 316 g/mol. The summed E-state index contributed by atoms with van der Waals surface area (Å²) in [4.78, 5) is 26.7. The molecular formula is C20H28N2O3. The summed E-state index contributed by atoms with van der Waals surface area (Å²) in [6, 6.07) is 8.35. The molecule has 1 saturated carbocycles. The molecule has 2 aliphatic rings. The fourth-order valence-electron chi connectivity index (χ4n) is 3.89. The molecule has 1 aromatic rings. The Bertz CT molecular complexity index is 611. The van der Waals surface area contributed by atoms with Gasteiger partial charge in [0.2, 0.25) is 11.8 Å². The van der Waals surface area contributed by atoms with Crippen molar-refractivity contribution in [3.05, 3.63) is 35.4 Å². The van der Waals surface area contributed by atoms with Crippen LogP contribution in [0.3, 0.4) is 0 Å². The fraction of sp³-hybridized carbons (Fsp3) is 0.600. The molecule has 0 unspecified atom stereocenters. The van der Waals surface area contributed by atoms with Crippen LogP contribution >= 0.6 is 0 Å². The van der Waals surface area contributed by atoms with Crippen molar-refractivity contribution in [2.45, 2.75) is 58.2 Å². The van der Waals surface area contributed by atoms with E-state index in [-0.39, 0.29) is 17.7 Å². The van der Waals surface area contributed by atoms with Crippen LogP contribution in [-0.2, 0) is 27.5 Å². The Morgan fingerprint density at radius 2 is 1.96 bits per heavy atom. The van der Waals surface area contributed by atoms with Crippen LogP contribution in [0.15, 0.2) is 24.3 Å². The number of nitrogens with one attached hydrogen (secondary N) is 1. The predicted molar refractivity (Wildman–Crippen MR) is 95.7 cm³/mol. The summed E-state index contributed by atoms with van der Waals surface area (Å²) >= 11 is 0. The van der Waals surface area contributed by atoms with E-state index in [1.165, 1.54) is 12.8 Å². The van der Waals surface area contributed by atoms with Gasteiger partial charge in [0.05, 0.1) is 12.5 Å². The molecule has 0 radical (unpaired) electrons. The van der Waals surface area contributed by atoms with Crippen molar-refractivity contribution in [1.82, 2.24) is 10.2 Å². The number of amides is 2. The Balaban J connectivity index is 1.54. The van der Waals surface area contributed by atoms with Crippen molar-refractivity contribution >= 4 is 11.8 Å². The van der Waals surface area contributed by atoms with E-state index >= 15 is 0 Å². The highest BCUT2D eigenvalue weighted by molar-refractivity contribution is 5.89. The monoisotopic (exact) mass is 344 g/mol. The van der Waals surface area contributed by atoms with E-state index in [4.69, 9.17) is 4.74 Å². The predicted octanol–water partition coefficient (Wildman–Crippen LogP) is 2.63. The van der Waals surface area contributed by atoms with Gasteiger partial charge in [-0.25, -0.2) is 0 Å². The minimum atomic E-state index is -0.216. The second kappa shape index (κ2) is 8.48. The summed E-state index contributed by atoms with van der Waals surface area (Å²) in [6.45, 7) is 4.26. The second-order valence-electron chi connectivity index (χ2n) is 7.01. The molecule has 2 fully saturated rings. The SMILES string of the molecule is CCOCc1ccccc1CNC(=O)[C@@H]1CC(=O)N(C2CCCC2)C1. The lowest BCUT2D eigenvalue weighted by molar-refractivity contribution is -0.130. The fourth-order valence-corrected chi connectivity index (χ4v) is 3.89. The summed E-state index contributed by atoms with van der Waals surface area (Å²) in [7, 11) is 0. The third kappa shape index (κ3) is 4.40. The first-order chi connectivity index (χ1) is 12.2. The van der Waals surface area contributed by atoms with Gasteiger partial charge < -0.3 is 15.0 Å². The van der Waals surface area contributed by atoms with E-state index in [0.717, 1.165) is 24.0 Å². The van der Waals surface area contributed by atoms with E-state index in [1.807, 2.05) is 36.1 Å². The van der Waals surface area contributed by atoms with Gasteiger partial charge in [-0.2, -0.15) is 0 Å². The molecule has 1 N–H and O–H groups in total. The summed E-state index contributed by atoms with van der Waals surface area (Å²) < 4.78 is 5.49. The zero-order valence-electron chi connectivity index (χ0n) is 15.0. The molecule has 1 aromatic carbocycles.